The molecule has 67 heavy (non-hydrogen) atoms. The van der Waals surface area contributed by atoms with Crippen molar-refractivity contribution in [1.29, 1.82) is 0 Å². The van der Waals surface area contributed by atoms with E-state index < -0.39 is 20.0 Å². The van der Waals surface area contributed by atoms with E-state index in [1.165, 1.54) is 250 Å². The topological polar surface area (TPSA) is 105 Å². The summed E-state index contributed by atoms with van der Waals surface area (Å²) in [4.78, 5) is 23.3. The summed E-state index contributed by atoms with van der Waals surface area (Å²) in [6.07, 6.45) is 60.3. The maximum Gasteiger partial charge on any atom is 0.472 e. The Balaban J connectivity index is 3.96. The summed E-state index contributed by atoms with van der Waals surface area (Å²) >= 11 is 0. The van der Waals surface area contributed by atoms with Gasteiger partial charge in [0, 0.05) is 6.42 Å². The molecule has 1 amide bonds. The summed E-state index contributed by atoms with van der Waals surface area (Å²) in [5.41, 5.74) is 0. The van der Waals surface area contributed by atoms with Crippen LogP contribution in [-0.2, 0) is 18.4 Å². The summed E-state index contributed by atoms with van der Waals surface area (Å²) in [5.74, 6) is -0.136. The number of carbonyl (C=O) groups is 1. The van der Waals surface area contributed by atoms with Crippen molar-refractivity contribution in [3.63, 3.8) is 0 Å². The van der Waals surface area contributed by atoms with Crippen molar-refractivity contribution in [2.75, 3.05) is 40.9 Å². The highest BCUT2D eigenvalue weighted by Crippen LogP contribution is 2.43. The van der Waals surface area contributed by atoms with Crippen molar-refractivity contribution in [3.05, 3.63) is 0 Å². The second kappa shape index (κ2) is 50.4. The third kappa shape index (κ3) is 53.1. The van der Waals surface area contributed by atoms with Gasteiger partial charge >= 0.3 is 7.82 Å². The highest BCUT2D eigenvalue weighted by Gasteiger charge is 2.28. The van der Waals surface area contributed by atoms with Crippen LogP contribution in [0.1, 0.15) is 316 Å². The van der Waals surface area contributed by atoms with Crippen LogP contribution in [0.3, 0.4) is 0 Å². The van der Waals surface area contributed by atoms with E-state index in [0.29, 0.717) is 23.9 Å². The van der Waals surface area contributed by atoms with Gasteiger partial charge in [0.15, 0.2) is 0 Å². The Hall–Kier alpha value is -0.500. The predicted molar refractivity (Wildman–Crippen MR) is 291 cm³/mol. The molecule has 0 rings (SSSR count). The Labute approximate surface area is 419 Å². The Morgan fingerprint density at radius 2 is 0.716 bits per heavy atom. The molecule has 0 aromatic carbocycles. The molecule has 0 saturated carbocycles. The van der Waals surface area contributed by atoms with Crippen LogP contribution in [0.15, 0.2) is 0 Å². The van der Waals surface area contributed by atoms with Gasteiger partial charge < -0.3 is 19.8 Å². The van der Waals surface area contributed by atoms with Gasteiger partial charge in [-0.25, -0.2) is 4.57 Å². The molecule has 0 aliphatic heterocycles. The van der Waals surface area contributed by atoms with Crippen LogP contribution in [0.5, 0.6) is 0 Å². The standard InChI is InChI=1S/C58H119N2O6P/c1-6-8-10-12-14-16-18-20-22-23-24-25-26-27-28-29-30-31-32-33-34-35-36-37-38-40-42-44-46-48-50-52-58(62)59-56(55-66-67(63,64)65-54-53-60(3,4)5)57(61)51-49-47-45-43-41-39-21-19-17-15-13-11-9-7-2/h56-57,61H,6-55H2,1-5H3,(H-,59,62,63,64)/p+1/t56-,57+/m0/s1. The fourth-order valence-corrected chi connectivity index (χ4v) is 10.1. The lowest BCUT2D eigenvalue weighted by Gasteiger charge is -2.26. The fraction of sp³-hybridized carbons (Fsp3) is 0.983. The third-order valence-electron chi connectivity index (χ3n) is 14.1. The molecule has 0 radical (unpaired) electrons. The van der Waals surface area contributed by atoms with E-state index >= 15 is 0 Å². The average molecular weight is 973 g/mol. The number of carbonyl (C=O) groups excluding carboxylic acids is 1. The van der Waals surface area contributed by atoms with Crippen LogP contribution < -0.4 is 5.32 Å². The normalized spacial score (nSPS) is 13.8. The number of rotatable bonds is 56. The molecule has 0 aromatic rings. The van der Waals surface area contributed by atoms with E-state index in [1.807, 2.05) is 21.1 Å². The fourth-order valence-electron chi connectivity index (χ4n) is 9.40. The molecule has 0 aromatic heterocycles. The Kier molecular flexibility index (Phi) is 50.1. The Morgan fingerprint density at radius 1 is 0.448 bits per heavy atom. The number of aliphatic hydroxyl groups is 1. The van der Waals surface area contributed by atoms with E-state index in [9.17, 15) is 19.4 Å². The predicted octanol–water partition coefficient (Wildman–Crippen LogP) is 18.0. The van der Waals surface area contributed by atoms with Gasteiger partial charge in [-0.3, -0.25) is 13.8 Å². The third-order valence-corrected chi connectivity index (χ3v) is 15.1. The van der Waals surface area contributed by atoms with Crippen molar-refractivity contribution < 1.29 is 32.9 Å². The first-order valence-electron chi connectivity index (χ1n) is 29.9. The van der Waals surface area contributed by atoms with Crippen molar-refractivity contribution in [3.8, 4) is 0 Å². The minimum absolute atomic E-state index is 0.0790. The number of hydrogen-bond donors (Lipinski definition) is 3. The molecule has 3 N–H and O–H groups in total. The molecule has 0 aliphatic carbocycles. The lowest BCUT2D eigenvalue weighted by atomic mass is 10.0. The van der Waals surface area contributed by atoms with Gasteiger partial charge in [0.2, 0.25) is 5.91 Å². The molecule has 9 heteroatoms. The Morgan fingerprint density at radius 3 is 1.00 bits per heavy atom. The number of phosphoric ester groups is 1. The van der Waals surface area contributed by atoms with Crippen molar-refractivity contribution in [2.24, 2.45) is 0 Å². The summed E-state index contributed by atoms with van der Waals surface area (Å²) in [6, 6.07) is -0.754. The lowest BCUT2D eigenvalue weighted by Crippen LogP contribution is -2.46. The second-order valence-corrected chi connectivity index (χ2v) is 23.5. The first kappa shape index (κ1) is 66.5. The molecule has 402 valence electrons. The Bertz CT molecular complexity index is 1060. The van der Waals surface area contributed by atoms with E-state index in [1.54, 1.807) is 0 Å². The summed E-state index contributed by atoms with van der Waals surface area (Å²) in [6.45, 7) is 4.94. The maximum absolute atomic E-state index is 13.0. The van der Waals surface area contributed by atoms with Gasteiger partial charge in [0.1, 0.15) is 13.2 Å². The molecule has 1 unspecified atom stereocenters. The van der Waals surface area contributed by atoms with Crippen LogP contribution in [0, 0.1) is 0 Å². The minimum atomic E-state index is -4.31. The zero-order valence-electron chi connectivity index (χ0n) is 45.9. The van der Waals surface area contributed by atoms with Gasteiger partial charge in [-0.05, 0) is 12.8 Å². The number of phosphoric acid groups is 1. The summed E-state index contributed by atoms with van der Waals surface area (Å²) in [7, 11) is 1.64. The SMILES string of the molecule is CCCCCCCCCCCCCCCCCCCCCCCCCCCCCCCCCC(=O)N[C@@H](COP(=O)(O)OCC[N+](C)(C)C)[C@H](O)CCCCCCCCCCCCCCCC. The van der Waals surface area contributed by atoms with Gasteiger partial charge in [-0.15, -0.1) is 0 Å². The van der Waals surface area contributed by atoms with Crippen molar-refractivity contribution in [1.82, 2.24) is 5.32 Å². The van der Waals surface area contributed by atoms with Gasteiger partial charge in [-0.1, -0.05) is 296 Å². The van der Waals surface area contributed by atoms with E-state index in [0.717, 1.165) is 38.5 Å². The van der Waals surface area contributed by atoms with E-state index in [2.05, 4.69) is 19.2 Å². The highest BCUT2D eigenvalue weighted by molar-refractivity contribution is 7.47. The summed E-state index contributed by atoms with van der Waals surface area (Å²) in [5, 5.41) is 14.0. The van der Waals surface area contributed by atoms with Crippen molar-refractivity contribution >= 4 is 13.7 Å². The molecule has 8 nitrogen and oxygen atoms in total. The molecule has 0 spiro atoms. The number of unbranched alkanes of at least 4 members (excludes halogenated alkanes) is 43. The first-order valence-corrected chi connectivity index (χ1v) is 31.4. The molecule has 0 heterocycles. The zero-order valence-corrected chi connectivity index (χ0v) is 46.8. The highest BCUT2D eigenvalue weighted by atomic mass is 31.2. The molecular weight excluding hydrogens is 852 g/mol. The quantitative estimate of drug-likeness (QED) is 0.0319. The van der Waals surface area contributed by atoms with Crippen LogP contribution in [0.4, 0.5) is 0 Å². The molecule has 3 atom stereocenters. The van der Waals surface area contributed by atoms with Crippen LogP contribution >= 0.6 is 7.82 Å². The molecular formula is C58H120N2O6P+. The molecule has 0 aliphatic rings. The first-order chi connectivity index (χ1) is 32.5. The zero-order chi connectivity index (χ0) is 49.2. The molecule has 0 fully saturated rings. The van der Waals surface area contributed by atoms with Gasteiger partial charge in [0.05, 0.1) is 39.9 Å². The number of quaternary nitrogens is 1. The molecule has 0 bridgehead atoms. The monoisotopic (exact) mass is 972 g/mol. The van der Waals surface area contributed by atoms with Crippen LogP contribution in [0.2, 0.25) is 0 Å². The van der Waals surface area contributed by atoms with Gasteiger partial charge in [0.25, 0.3) is 0 Å². The van der Waals surface area contributed by atoms with Crippen LogP contribution in [0.25, 0.3) is 0 Å². The number of hydrogen-bond acceptors (Lipinski definition) is 5. The van der Waals surface area contributed by atoms with Crippen LogP contribution in [-0.4, -0.2) is 73.4 Å². The van der Waals surface area contributed by atoms with E-state index in [4.69, 9.17) is 9.05 Å². The average Bonchev–Trinajstić information content (AvgIpc) is 3.29. The number of nitrogens with zero attached hydrogens (tertiary/aromatic N) is 1. The van der Waals surface area contributed by atoms with Crippen molar-refractivity contribution in [2.45, 2.75) is 328 Å². The van der Waals surface area contributed by atoms with E-state index in [-0.39, 0.29) is 19.1 Å². The molecule has 0 saturated heterocycles. The number of aliphatic hydroxyl groups excluding tert-OH is 1. The smallest absolute Gasteiger partial charge is 0.391 e. The summed E-state index contributed by atoms with van der Waals surface area (Å²) < 4.78 is 23.8. The van der Waals surface area contributed by atoms with Gasteiger partial charge in [-0.2, -0.15) is 0 Å². The number of nitrogens with one attached hydrogen (secondary N) is 1. The number of amides is 1. The maximum atomic E-state index is 13.0. The largest absolute Gasteiger partial charge is 0.472 e. The number of likely N-dealkylation sites (N-methyl/N-ethyl adjacent to an activating group) is 1. The lowest BCUT2D eigenvalue weighted by molar-refractivity contribution is -0.870. The minimum Gasteiger partial charge on any atom is -0.391 e. The second-order valence-electron chi connectivity index (χ2n) is 22.1.